The van der Waals surface area contributed by atoms with Crippen LogP contribution in [0.2, 0.25) is 0 Å². The fourth-order valence-corrected chi connectivity index (χ4v) is 2.66. The van der Waals surface area contributed by atoms with Crippen molar-refractivity contribution in [2.24, 2.45) is 0 Å². The third-order valence-corrected chi connectivity index (χ3v) is 3.99. The van der Waals surface area contributed by atoms with Crippen LogP contribution in [0, 0.1) is 0 Å². The van der Waals surface area contributed by atoms with Gasteiger partial charge in [-0.1, -0.05) is 0 Å². The highest BCUT2D eigenvalue weighted by Crippen LogP contribution is 2.17. The average molecular weight is 244 g/mol. The lowest BCUT2D eigenvalue weighted by Gasteiger charge is -2.06. The monoisotopic (exact) mass is 244 g/mol. The lowest BCUT2D eigenvalue weighted by Crippen LogP contribution is -2.12. The summed E-state index contributed by atoms with van der Waals surface area (Å²) in [5.41, 5.74) is 0. The van der Waals surface area contributed by atoms with Gasteiger partial charge < -0.3 is 9.84 Å². The number of aliphatic hydroxyl groups is 1. The summed E-state index contributed by atoms with van der Waals surface area (Å²) in [6, 6.07) is 6.23. The number of hydrogen-bond donors (Lipinski definition) is 1. The third-order valence-electron chi connectivity index (χ3n) is 2.22. The van der Waals surface area contributed by atoms with Gasteiger partial charge in [-0.15, -0.1) is 0 Å². The number of sulfone groups is 1. The van der Waals surface area contributed by atoms with E-state index in [1.807, 2.05) is 0 Å². The molecule has 0 aromatic heterocycles. The molecule has 4 nitrogen and oxygen atoms in total. The van der Waals surface area contributed by atoms with Crippen LogP contribution in [0.15, 0.2) is 29.2 Å². The maximum atomic E-state index is 11.8. The molecule has 1 N–H and O–H groups in total. The summed E-state index contributed by atoms with van der Waals surface area (Å²) in [6.45, 7) is 1.57. The van der Waals surface area contributed by atoms with Crippen molar-refractivity contribution in [2.45, 2.75) is 24.3 Å². The Morgan fingerprint density at radius 1 is 1.31 bits per heavy atom. The largest absolute Gasteiger partial charge is 0.497 e. The number of benzene rings is 1. The van der Waals surface area contributed by atoms with Crippen LogP contribution in [0.25, 0.3) is 0 Å². The van der Waals surface area contributed by atoms with Gasteiger partial charge in [-0.25, -0.2) is 8.42 Å². The second-order valence-corrected chi connectivity index (χ2v) is 5.74. The molecule has 5 heteroatoms. The zero-order valence-electron chi connectivity index (χ0n) is 9.38. The minimum Gasteiger partial charge on any atom is -0.497 e. The maximum absolute atomic E-state index is 11.8. The number of ether oxygens (including phenoxy) is 1. The fourth-order valence-electron chi connectivity index (χ4n) is 1.23. The maximum Gasteiger partial charge on any atom is 0.178 e. The Labute approximate surface area is 95.8 Å². The highest BCUT2D eigenvalue weighted by Gasteiger charge is 2.15. The molecule has 1 aromatic carbocycles. The fraction of sp³-hybridized carbons (Fsp3) is 0.455. The molecule has 0 radical (unpaired) electrons. The number of hydrogen-bond acceptors (Lipinski definition) is 4. The molecule has 0 saturated heterocycles. The average Bonchev–Trinajstić information content (AvgIpc) is 2.27. The molecule has 0 spiro atoms. The summed E-state index contributed by atoms with van der Waals surface area (Å²) < 4.78 is 28.5. The molecule has 0 aliphatic rings. The Morgan fingerprint density at radius 3 is 2.31 bits per heavy atom. The van der Waals surface area contributed by atoms with Gasteiger partial charge in [0.1, 0.15) is 5.75 Å². The van der Waals surface area contributed by atoms with Crippen LogP contribution in [0.1, 0.15) is 13.3 Å². The first kappa shape index (κ1) is 13.0. The predicted molar refractivity (Wildman–Crippen MR) is 61.3 cm³/mol. The molecular formula is C11H16O4S. The zero-order valence-corrected chi connectivity index (χ0v) is 10.2. The van der Waals surface area contributed by atoms with Gasteiger partial charge in [0.05, 0.1) is 23.9 Å². The van der Waals surface area contributed by atoms with Crippen molar-refractivity contribution in [3.05, 3.63) is 24.3 Å². The van der Waals surface area contributed by atoms with Gasteiger partial charge in [0.2, 0.25) is 0 Å². The second kappa shape index (κ2) is 5.32. The Morgan fingerprint density at radius 2 is 1.88 bits per heavy atom. The van der Waals surface area contributed by atoms with Crippen molar-refractivity contribution >= 4 is 9.84 Å². The summed E-state index contributed by atoms with van der Waals surface area (Å²) >= 11 is 0. The molecule has 1 aromatic rings. The Balaban J connectivity index is 2.82. The minimum atomic E-state index is -3.30. The van der Waals surface area contributed by atoms with Gasteiger partial charge in [-0.2, -0.15) is 0 Å². The van der Waals surface area contributed by atoms with Gasteiger partial charge >= 0.3 is 0 Å². The minimum absolute atomic E-state index is 0.0446. The number of aliphatic hydroxyl groups excluding tert-OH is 1. The molecule has 0 fully saturated rings. The topological polar surface area (TPSA) is 63.6 Å². The van der Waals surface area contributed by atoms with Crippen LogP contribution >= 0.6 is 0 Å². The van der Waals surface area contributed by atoms with Crippen LogP contribution in [0.3, 0.4) is 0 Å². The van der Waals surface area contributed by atoms with E-state index in [1.54, 1.807) is 19.1 Å². The molecule has 0 aliphatic carbocycles. The molecule has 0 bridgehead atoms. The molecule has 0 aliphatic heterocycles. The standard InChI is InChI=1S/C11H16O4S/c1-9(12)7-8-16(13,14)11-5-3-10(15-2)4-6-11/h3-6,9,12H,7-8H2,1-2H3. The second-order valence-electron chi connectivity index (χ2n) is 3.63. The smallest absolute Gasteiger partial charge is 0.178 e. The van der Waals surface area contributed by atoms with Gasteiger partial charge in [0, 0.05) is 0 Å². The first-order chi connectivity index (χ1) is 7.45. The van der Waals surface area contributed by atoms with Crippen molar-refractivity contribution in [1.29, 1.82) is 0 Å². The van der Waals surface area contributed by atoms with Crippen LogP contribution in [-0.2, 0) is 9.84 Å². The van der Waals surface area contributed by atoms with E-state index in [1.165, 1.54) is 19.2 Å². The summed E-state index contributed by atoms with van der Waals surface area (Å²) in [4.78, 5) is 0.258. The zero-order chi connectivity index (χ0) is 12.2. The molecule has 0 amide bonds. The molecule has 0 heterocycles. The van der Waals surface area contributed by atoms with E-state index in [0.717, 1.165) is 0 Å². The lowest BCUT2D eigenvalue weighted by atomic mass is 10.3. The lowest BCUT2D eigenvalue weighted by molar-refractivity contribution is 0.191. The van der Waals surface area contributed by atoms with Crippen molar-refractivity contribution in [2.75, 3.05) is 12.9 Å². The van der Waals surface area contributed by atoms with Gasteiger partial charge in [0.15, 0.2) is 9.84 Å². The predicted octanol–water partition coefficient (Wildman–Crippen LogP) is 1.24. The van der Waals surface area contributed by atoms with Crippen molar-refractivity contribution in [1.82, 2.24) is 0 Å². The SMILES string of the molecule is COc1ccc(S(=O)(=O)CCC(C)O)cc1. The molecular weight excluding hydrogens is 228 g/mol. The summed E-state index contributed by atoms with van der Waals surface area (Å²) in [6.07, 6.45) is -0.359. The summed E-state index contributed by atoms with van der Waals surface area (Å²) in [5.74, 6) is 0.575. The highest BCUT2D eigenvalue weighted by atomic mass is 32.2. The van der Waals surface area contributed by atoms with E-state index < -0.39 is 15.9 Å². The molecule has 1 unspecified atom stereocenters. The molecule has 1 atom stereocenters. The van der Waals surface area contributed by atoms with Gasteiger partial charge in [-0.3, -0.25) is 0 Å². The Hall–Kier alpha value is -1.07. The van der Waals surface area contributed by atoms with E-state index in [0.29, 0.717) is 5.75 Å². The van der Waals surface area contributed by atoms with Crippen LogP contribution < -0.4 is 4.74 Å². The van der Waals surface area contributed by atoms with Crippen molar-refractivity contribution in [3.63, 3.8) is 0 Å². The molecule has 16 heavy (non-hydrogen) atoms. The first-order valence-electron chi connectivity index (χ1n) is 5.00. The Bertz CT molecular complexity index is 420. The van der Waals surface area contributed by atoms with E-state index in [-0.39, 0.29) is 17.1 Å². The first-order valence-corrected chi connectivity index (χ1v) is 6.66. The van der Waals surface area contributed by atoms with Crippen LogP contribution in [-0.4, -0.2) is 32.5 Å². The summed E-state index contributed by atoms with van der Waals surface area (Å²) in [7, 11) is -1.77. The molecule has 90 valence electrons. The summed E-state index contributed by atoms with van der Waals surface area (Å²) in [5, 5.41) is 9.06. The molecule has 1 rings (SSSR count). The van der Waals surface area contributed by atoms with E-state index >= 15 is 0 Å². The van der Waals surface area contributed by atoms with Crippen molar-refractivity contribution in [3.8, 4) is 5.75 Å². The van der Waals surface area contributed by atoms with E-state index in [2.05, 4.69) is 0 Å². The van der Waals surface area contributed by atoms with E-state index in [4.69, 9.17) is 9.84 Å². The third kappa shape index (κ3) is 3.50. The molecule has 0 saturated carbocycles. The normalized spacial score (nSPS) is 13.4. The van der Waals surface area contributed by atoms with Gasteiger partial charge in [0.25, 0.3) is 0 Å². The van der Waals surface area contributed by atoms with Crippen molar-refractivity contribution < 1.29 is 18.3 Å². The Kier molecular flexibility index (Phi) is 4.32. The van der Waals surface area contributed by atoms with Gasteiger partial charge in [-0.05, 0) is 37.6 Å². The van der Waals surface area contributed by atoms with Crippen LogP contribution in [0.5, 0.6) is 5.75 Å². The highest BCUT2D eigenvalue weighted by molar-refractivity contribution is 7.91. The van der Waals surface area contributed by atoms with Crippen LogP contribution in [0.4, 0.5) is 0 Å². The van der Waals surface area contributed by atoms with E-state index in [9.17, 15) is 8.42 Å². The quantitative estimate of drug-likeness (QED) is 0.846. The number of methoxy groups -OCH3 is 1. The number of rotatable bonds is 5.